The smallest absolute Gasteiger partial charge is 0.264 e. The summed E-state index contributed by atoms with van der Waals surface area (Å²) in [6.07, 6.45) is 1.50. The minimum atomic E-state index is -0.295. The van der Waals surface area contributed by atoms with Gasteiger partial charge in [-0.2, -0.15) is 0 Å². The molecule has 1 atom stereocenters. The maximum absolute atomic E-state index is 12.4. The van der Waals surface area contributed by atoms with Crippen molar-refractivity contribution in [2.45, 2.75) is 13.0 Å². The molecule has 0 spiro atoms. The second-order valence-electron chi connectivity index (χ2n) is 5.83. The summed E-state index contributed by atoms with van der Waals surface area (Å²) in [7, 11) is 0. The highest BCUT2D eigenvalue weighted by Gasteiger charge is 2.28. The topological polar surface area (TPSA) is 65.5 Å². The Kier molecular flexibility index (Phi) is 5.67. The Hall–Kier alpha value is -1.96. The van der Waals surface area contributed by atoms with Crippen LogP contribution in [-0.4, -0.2) is 58.8 Å². The van der Waals surface area contributed by atoms with E-state index in [1.54, 1.807) is 12.1 Å². The summed E-state index contributed by atoms with van der Waals surface area (Å²) in [5.74, 6) is 0.428. The van der Waals surface area contributed by atoms with Crippen molar-refractivity contribution in [1.82, 2.24) is 14.8 Å². The van der Waals surface area contributed by atoms with E-state index in [0.29, 0.717) is 37.0 Å². The van der Waals surface area contributed by atoms with E-state index >= 15 is 0 Å². The molecule has 0 saturated carbocycles. The third-order valence-corrected chi connectivity index (χ3v) is 5.32. The van der Waals surface area contributed by atoms with Gasteiger partial charge < -0.3 is 10.2 Å². The van der Waals surface area contributed by atoms with Gasteiger partial charge in [0.2, 0.25) is 5.91 Å². The average Bonchev–Trinajstić information content (AvgIpc) is 3.17. The van der Waals surface area contributed by atoms with Crippen molar-refractivity contribution < 1.29 is 9.59 Å². The first kappa shape index (κ1) is 17.8. The monoisotopic (exact) mass is 378 g/mol. The number of halogens is 1. The van der Waals surface area contributed by atoms with E-state index in [-0.39, 0.29) is 17.9 Å². The Morgan fingerprint density at radius 3 is 2.60 bits per heavy atom. The van der Waals surface area contributed by atoms with E-state index in [1.807, 2.05) is 29.3 Å². The average molecular weight is 379 g/mol. The van der Waals surface area contributed by atoms with E-state index in [1.165, 1.54) is 17.5 Å². The lowest BCUT2D eigenvalue weighted by atomic mass is 10.2. The molecular weight excluding hydrogens is 360 g/mol. The van der Waals surface area contributed by atoms with Crippen molar-refractivity contribution in [3.8, 4) is 0 Å². The molecular formula is C17H19ClN4O2S. The van der Waals surface area contributed by atoms with Crippen LogP contribution in [0.4, 0.5) is 5.82 Å². The molecule has 1 aliphatic rings. The number of hydrogen-bond acceptors (Lipinski definition) is 5. The molecule has 3 heterocycles. The highest BCUT2D eigenvalue weighted by molar-refractivity contribution is 7.12. The summed E-state index contributed by atoms with van der Waals surface area (Å²) in [6, 6.07) is 6.78. The number of hydrogen-bond donors (Lipinski definition) is 1. The lowest BCUT2D eigenvalue weighted by molar-refractivity contribution is -0.121. The number of pyridine rings is 1. The first-order chi connectivity index (χ1) is 12.0. The molecule has 0 aliphatic carbocycles. The zero-order chi connectivity index (χ0) is 17.8. The zero-order valence-corrected chi connectivity index (χ0v) is 15.4. The normalized spacial score (nSPS) is 16.5. The fourth-order valence-electron chi connectivity index (χ4n) is 2.71. The lowest BCUT2D eigenvalue weighted by Gasteiger charge is -2.37. The van der Waals surface area contributed by atoms with Crippen LogP contribution < -0.4 is 5.32 Å². The van der Waals surface area contributed by atoms with Gasteiger partial charge in [0.05, 0.1) is 15.9 Å². The second kappa shape index (κ2) is 7.95. The number of amides is 2. The summed E-state index contributed by atoms with van der Waals surface area (Å²) in [6.45, 7) is 4.43. The zero-order valence-electron chi connectivity index (χ0n) is 13.8. The summed E-state index contributed by atoms with van der Waals surface area (Å²) in [4.78, 5) is 33.5. The predicted molar refractivity (Wildman–Crippen MR) is 99.1 cm³/mol. The van der Waals surface area contributed by atoms with E-state index in [4.69, 9.17) is 11.6 Å². The Morgan fingerprint density at radius 1 is 1.24 bits per heavy atom. The van der Waals surface area contributed by atoms with Crippen LogP contribution in [0.5, 0.6) is 0 Å². The van der Waals surface area contributed by atoms with Gasteiger partial charge in [0.15, 0.2) is 0 Å². The number of carbonyl (C=O) groups is 2. The molecule has 0 unspecified atom stereocenters. The quantitative estimate of drug-likeness (QED) is 0.888. The summed E-state index contributed by atoms with van der Waals surface area (Å²) >= 11 is 7.25. The van der Waals surface area contributed by atoms with Gasteiger partial charge in [-0.05, 0) is 30.5 Å². The van der Waals surface area contributed by atoms with Crippen molar-refractivity contribution in [3.05, 3.63) is 45.7 Å². The first-order valence-corrected chi connectivity index (χ1v) is 9.29. The van der Waals surface area contributed by atoms with Crippen molar-refractivity contribution in [1.29, 1.82) is 0 Å². The van der Waals surface area contributed by atoms with Crippen LogP contribution in [0.2, 0.25) is 5.02 Å². The Balaban J connectivity index is 1.52. The molecule has 0 bridgehead atoms. The van der Waals surface area contributed by atoms with Crippen LogP contribution in [0, 0.1) is 0 Å². The minimum absolute atomic E-state index is 0.0668. The van der Waals surface area contributed by atoms with Crippen LogP contribution in [0.1, 0.15) is 16.6 Å². The summed E-state index contributed by atoms with van der Waals surface area (Å²) in [5, 5.41) is 5.22. The van der Waals surface area contributed by atoms with Crippen molar-refractivity contribution in [2.75, 3.05) is 31.5 Å². The molecule has 1 aliphatic heterocycles. The van der Waals surface area contributed by atoms with Gasteiger partial charge in [-0.25, -0.2) is 4.98 Å². The first-order valence-electron chi connectivity index (χ1n) is 8.04. The summed E-state index contributed by atoms with van der Waals surface area (Å²) < 4.78 is 0. The fraction of sp³-hybridized carbons (Fsp3) is 0.353. The Labute approximate surface area is 155 Å². The van der Waals surface area contributed by atoms with Crippen molar-refractivity contribution in [3.63, 3.8) is 0 Å². The van der Waals surface area contributed by atoms with Gasteiger partial charge in [0.25, 0.3) is 5.91 Å². The fourth-order valence-corrected chi connectivity index (χ4v) is 3.52. The molecule has 8 heteroatoms. The molecule has 2 aromatic heterocycles. The number of nitrogens with zero attached hydrogens (tertiary/aromatic N) is 3. The van der Waals surface area contributed by atoms with Crippen LogP contribution in [0.3, 0.4) is 0 Å². The Bertz CT molecular complexity index is 728. The molecule has 25 heavy (non-hydrogen) atoms. The van der Waals surface area contributed by atoms with Gasteiger partial charge in [-0.1, -0.05) is 17.7 Å². The number of thiophene rings is 1. The number of rotatable bonds is 4. The van der Waals surface area contributed by atoms with E-state index in [9.17, 15) is 9.59 Å². The molecule has 1 fully saturated rings. The lowest BCUT2D eigenvalue weighted by Crippen LogP contribution is -2.54. The minimum Gasteiger partial charge on any atom is -0.335 e. The SMILES string of the molecule is C[C@H](C(=O)Nc1ccc(Cl)cn1)N1CCN(C(=O)c2cccs2)CC1. The number of piperazine rings is 1. The van der Waals surface area contributed by atoms with Crippen LogP contribution >= 0.6 is 22.9 Å². The molecule has 1 N–H and O–H groups in total. The van der Waals surface area contributed by atoms with Gasteiger partial charge in [0, 0.05) is 32.4 Å². The number of carbonyl (C=O) groups excluding carboxylic acids is 2. The van der Waals surface area contributed by atoms with Gasteiger partial charge in [-0.3, -0.25) is 14.5 Å². The predicted octanol–water partition coefficient (Wildman–Crippen LogP) is 2.58. The van der Waals surface area contributed by atoms with Gasteiger partial charge >= 0.3 is 0 Å². The van der Waals surface area contributed by atoms with Crippen molar-refractivity contribution in [2.24, 2.45) is 0 Å². The van der Waals surface area contributed by atoms with Crippen LogP contribution in [0.25, 0.3) is 0 Å². The van der Waals surface area contributed by atoms with Gasteiger partial charge in [0.1, 0.15) is 5.82 Å². The van der Waals surface area contributed by atoms with Crippen LogP contribution in [0.15, 0.2) is 35.8 Å². The van der Waals surface area contributed by atoms with E-state index < -0.39 is 0 Å². The summed E-state index contributed by atoms with van der Waals surface area (Å²) in [5.41, 5.74) is 0. The molecule has 1 saturated heterocycles. The third-order valence-electron chi connectivity index (χ3n) is 4.24. The van der Waals surface area contributed by atoms with Crippen molar-refractivity contribution >= 4 is 40.6 Å². The third kappa shape index (κ3) is 4.36. The van der Waals surface area contributed by atoms with E-state index in [0.717, 1.165) is 4.88 Å². The molecule has 132 valence electrons. The second-order valence-corrected chi connectivity index (χ2v) is 7.22. The maximum atomic E-state index is 12.4. The van der Waals surface area contributed by atoms with Gasteiger partial charge in [-0.15, -0.1) is 11.3 Å². The molecule has 2 amide bonds. The van der Waals surface area contributed by atoms with E-state index in [2.05, 4.69) is 15.2 Å². The maximum Gasteiger partial charge on any atom is 0.264 e. The standard InChI is InChI=1S/C17H19ClN4O2S/c1-12(16(23)20-15-5-4-13(18)11-19-15)21-6-8-22(9-7-21)17(24)14-3-2-10-25-14/h2-5,10-12H,6-9H2,1H3,(H,19,20,23)/t12-/m1/s1. The molecule has 0 aromatic carbocycles. The number of anilines is 1. The highest BCUT2D eigenvalue weighted by atomic mass is 35.5. The molecule has 2 aromatic rings. The highest BCUT2D eigenvalue weighted by Crippen LogP contribution is 2.16. The largest absolute Gasteiger partial charge is 0.335 e. The van der Waals surface area contributed by atoms with Crippen LogP contribution in [-0.2, 0) is 4.79 Å². The number of nitrogens with one attached hydrogen (secondary N) is 1. The molecule has 3 rings (SSSR count). The number of aromatic nitrogens is 1. The molecule has 0 radical (unpaired) electrons. The Morgan fingerprint density at radius 2 is 2.00 bits per heavy atom. The molecule has 6 nitrogen and oxygen atoms in total.